The van der Waals surface area contributed by atoms with E-state index in [0.29, 0.717) is 0 Å². The molecule has 1 fully saturated rings. The standard InChI is InChI=1S/C32H32O4S/c1-23-29(33)28(36-31(30(23)34)37-27-20-12-5-13-21-27)22-35-32(24-14-6-2-7-15-24,25-16-8-3-9-17-25)26-18-10-4-11-19-26/h2-21,23,28-31,33-34H,22H2,1H3/t23-,28?,29-,30?,31+/m0/s1. The first kappa shape index (κ1) is 25.7. The molecule has 1 heterocycles. The number of hydrogen-bond acceptors (Lipinski definition) is 5. The van der Waals surface area contributed by atoms with Crippen molar-refractivity contribution in [3.05, 3.63) is 138 Å². The van der Waals surface area contributed by atoms with Gasteiger partial charge in [0, 0.05) is 10.8 Å². The van der Waals surface area contributed by atoms with Crippen molar-refractivity contribution in [2.45, 2.75) is 41.2 Å². The summed E-state index contributed by atoms with van der Waals surface area (Å²) >= 11 is 1.47. The summed E-state index contributed by atoms with van der Waals surface area (Å²) in [6.07, 6.45) is -2.30. The van der Waals surface area contributed by atoms with Gasteiger partial charge in [-0.15, -0.1) is 0 Å². The van der Waals surface area contributed by atoms with E-state index in [1.807, 2.05) is 91.9 Å². The summed E-state index contributed by atoms with van der Waals surface area (Å²) in [5.41, 5.74) is 1.53. The van der Waals surface area contributed by atoms with Crippen molar-refractivity contribution in [1.29, 1.82) is 0 Å². The third kappa shape index (κ3) is 5.37. The zero-order chi connectivity index (χ0) is 25.7. The van der Waals surface area contributed by atoms with Gasteiger partial charge < -0.3 is 19.7 Å². The van der Waals surface area contributed by atoms with E-state index < -0.39 is 29.3 Å². The molecule has 2 unspecified atom stereocenters. The van der Waals surface area contributed by atoms with Gasteiger partial charge in [0.1, 0.15) is 17.1 Å². The Bertz CT molecular complexity index is 1140. The second-order valence-corrected chi connectivity index (χ2v) is 10.6. The van der Waals surface area contributed by atoms with E-state index in [4.69, 9.17) is 9.47 Å². The average molecular weight is 513 g/mol. The lowest BCUT2D eigenvalue weighted by atomic mass is 9.80. The van der Waals surface area contributed by atoms with Crippen LogP contribution < -0.4 is 0 Å². The lowest BCUT2D eigenvalue weighted by Crippen LogP contribution is -2.54. The summed E-state index contributed by atoms with van der Waals surface area (Å²) in [7, 11) is 0. The van der Waals surface area contributed by atoms with Crippen LogP contribution in [0.2, 0.25) is 0 Å². The van der Waals surface area contributed by atoms with Crippen molar-refractivity contribution in [3.8, 4) is 0 Å². The summed E-state index contributed by atoms with van der Waals surface area (Å²) in [5, 5.41) is 22.0. The molecule has 5 rings (SSSR count). The maximum absolute atomic E-state index is 11.1. The number of ether oxygens (including phenoxy) is 2. The van der Waals surface area contributed by atoms with Crippen molar-refractivity contribution in [2.24, 2.45) is 5.92 Å². The van der Waals surface area contributed by atoms with Gasteiger partial charge in [-0.05, 0) is 28.8 Å². The first-order chi connectivity index (χ1) is 18.1. The van der Waals surface area contributed by atoms with Crippen molar-refractivity contribution in [2.75, 3.05) is 6.61 Å². The van der Waals surface area contributed by atoms with Crippen LogP contribution >= 0.6 is 11.8 Å². The summed E-state index contributed by atoms with van der Waals surface area (Å²) in [6, 6.07) is 40.3. The van der Waals surface area contributed by atoms with Gasteiger partial charge in [0.2, 0.25) is 0 Å². The van der Waals surface area contributed by atoms with E-state index in [2.05, 4.69) is 36.4 Å². The molecule has 4 aromatic carbocycles. The summed E-state index contributed by atoms with van der Waals surface area (Å²) < 4.78 is 13.2. The van der Waals surface area contributed by atoms with Crippen molar-refractivity contribution in [1.82, 2.24) is 0 Å². The highest BCUT2D eigenvalue weighted by Gasteiger charge is 2.45. The molecule has 4 nitrogen and oxygen atoms in total. The third-order valence-electron chi connectivity index (χ3n) is 7.05. The maximum Gasteiger partial charge on any atom is 0.143 e. The number of hydrogen-bond donors (Lipinski definition) is 2. The van der Waals surface area contributed by atoms with E-state index in [1.165, 1.54) is 11.8 Å². The Hall–Kier alpha value is -2.93. The average Bonchev–Trinajstić information content (AvgIpc) is 2.96. The lowest BCUT2D eigenvalue weighted by molar-refractivity contribution is -0.192. The van der Waals surface area contributed by atoms with Gasteiger partial charge in [-0.25, -0.2) is 0 Å². The highest BCUT2D eigenvalue weighted by Crippen LogP contribution is 2.42. The Labute approximate surface area is 222 Å². The van der Waals surface area contributed by atoms with Crippen molar-refractivity contribution >= 4 is 11.8 Å². The zero-order valence-corrected chi connectivity index (χ0v) is 21.6. The van der Waals surface area contributed by atoms with Gasteiger partial charge in [-0.3, -0.25) is 0 Å². The van der Waals surface area contributed by atoms with E-state index >= 15 is 0 Å². The SMILES string of the molecule is C[C@@H]1C(O)[C@@H](Sc2ccccc2)OC(COC(c2ccccc2)(c2ccccc2)c2ccccc2)[C@H]1O. The number of thioether (sulfide) groups is 1. The molecule has 0 amide bonds. The second-order valence-electron chi connectivity index (χ2n) is 9.40. The van der Waals surface area contributed by atoms with Crippen molar-refractivity contribution in [3.63, 3.8) is 0 Å². The highest BCUT2D eigenvalue weighted by atomic mass is 32.2. The quantitative estimate of drug-likeness (QED) is 0.289. The molecular formula is C32H32O4S. The smallest absolute Gasteiger partial charge is 0.143 e. The largest absolute Gasteiger partial charge is 0.390 e. The fourth-order valence-corrected chi connectivity index (χ4v) is 6.13. The molecule has 37 heavy (non-hydrogen) atoms. The van der Waals surface area contributed by atoms with Crippen LogP contribution in [-0.4, -0.2) is 40.6 Å². The van der Waals surface area contributed by atoms with Gasteiger partial charge >= 0.3 is 0 Å². The molecule has 5 heteroatoms. The molecule has 0 bridgehead atoms. The van der Waals surface area contributed by atoms with Crippen molar-refractivity contribution < 1.29 is 19.7 Å². The topological polar surface area (TPSA) is 58.9 Å². The number of aliphatic hydroxyl groups is 2. The molecule has 0 spiro atoms. The van der Waals surface area contributed by atoms with Gasteiger partial charge in [0.05, 0.1) is 18.8 Å². The predicted octanol–water partition coefficient (Wildman–Crippen LogP) is 5.87. The minimum Gasteiger partial charge on any atom is -0.390 e. The normalized spacial score (nSPS) is 24.0. The molecule has 1 aliphatic rings. The van der Waals surface area contributed by atoms with Gasteiger partial charge in [-0.2, -0.15) is 0 Å². The Morgan fingerprint density at radius 2 is 1.11 bits per heavy atom. The molecule has 1 saturated heterocycles. The van der Waals surface area contributed by atoms with Crippen LogP contribution in [0.25, 0.3) is 0 Å². The van der Waals surface area contributed by atoms with E-state index in [0.717, 1.165) is 21.6 Å². The molecule has 0 aliphatic carbocycles. The van der Waals surface area contributed by atoms with Crippen LogP contribution in [0, 0.1) is 5.92 Å². The second kappa shape index (κ2) is 11.6. The minimum atomic E-state index is -0.909. The van der Waals surface area contributed by atoms with Crippen LogP contribution in [0.3, 0.4) is 0 Å². The Kier molecular flexibility index (Phi) is 8.08. The van der Waals surface area contributed by atoms with Gasteiger partial charge in [0.25, 0.3) is 0 Å². The first-order valence-corrected chi connectivity index (χ1v) is 13.5. The molecule has 190 valence electrons. The highest BCUT2D eigenvalue weighted by molar-refractivity contribution is 7.99. The van der Waals surface area contributed by atoms with Crippen LogP contribution in [0.5, 0.6) is 0 Å². The molecular weight excluding hydrogens is 480 g/mol. The summed E-state index contributed by atoms with van der Waals surface area (Å²) in [4.78, 5) is 1.00. The van der Waals surface area contributed by atoms with Crippen LogP contribution in [0.1, 0.15) is 23.6 Å². The fourth-order valence-electron chi connectivity index (χ4n) is 4.97. The molecule has 0 aromatic heterocycles. The maximum atomic E-state index is 11.1. The summed E-state index contributed by atoms with van der Waals surface area (Å²) in [5.74, 6) is -0.372. The number of aliphatic hydroxyl groups excluding tert-OH is 2. The molecule has 0 saturated carbocycles. The minimum absolute atomic E-state index is 0.142. The van der Waals surface area contributed by atoms with Gasteiger partial charge in [0.15, 0.2) is 0 Å². The molecule has 1 aliphatic heterocycles. The monoisotopic (exact) mass is 512 g/mol. The molecule has 5 atom stereocenters. The lowest BCUT2D eigenvalue weighted by Gasteiger charge is -2.43. The van der Waals surface area contributed by atoms with Crippen LogP contribution in [0.15, 0.2) is 126 Å². The number of rotatable bonds is 8. The van der Waals surface area contributed by atoms with Crippen LogP contribution in [-0.2, 0) is 15.1 Å². The molecule has 2 N–H and O–H groups in total. The van der Waals surface area contributed by atoms with E-state index in [1.54, 1.807) is 0 Å². The van der Waals surface area contributed by atoms with E-state index in [9.17, 15) is 10.2 Å². The summed E-state index contributed by atoms with van der Waals surface area (Å²) in [6.45, 7) is 2.00. The number of benzene rings is 4. The predicted molar refractivity (Wildman–Crippen MR) is 147 cm³/mol. The third-order valence-corrected chi connectivity index (χ3v) is 8.21. The molecule has 4 aromatic rings. The fraction of sp³-hybridized carbons (Fsp3) is 0.250. The Morgan fingerprint density at radius 1 is 0.676 bits per heavy atom. The van der Waals surface area contributed by atoms with E-state index in [-0.39, 0.29) is 12.5 Å². The Balaban J connectivity index is 1.49. The Morgan fingerprint density at radius 3 is 1.57 bits per heavy atom. The van der Waals surface area contributed by atoms with Crippen LogP contribution in [0.4, 0.5) is 0 Å². The first-order valence-electron chi connectivity index (χ1n) is 12.6. The van der Waals surface area contributed by atoms with Gasteiger partial charge in [-0.1, -0.05) is 128 Å². The molecule has 0 radical (unpaired) electrons. The zero-order valence-electron chi connectivity index (χ0n) is 20.8.